The van der Waals surface area contributed by atoms with Crippen LogP contribution in [0, 0.1) is 0 Å². The average Bonchev–Trinajstić information content (AvgIpc) is 3.13. The smallest absolute Gasteiger partial charge is 0.342 e. The van der Waals surface area contributed by atoms with Crippen molar-refractivity contribution in [2.45, 2.75) is 18.4 Å². The summed E-state index contributed by atoms with van der Waals surface area (Å²) in [6.45, 7) is 4.33. The second-order valence-electron chi connectivity index (χ2n) is 7.11. The zero-order valence-corrected chi connectivity index (χ0v) is 17.6. The number of furan rings is 1. The molecule has 1 saturated heterocycles. The number of ether oxygens (including phenoxy) is 1. The molecule has 0 bridgehead atoms. The lowest BCUT2D eigenvalue weighted by atomic mass is 10.1. The van der Waals surface area contributed by atoms with Gasteiger partial charge in [-0.05, 0) is 25.1 Å². The Labute approximate surface area is 175 Å². The molecule has 1 aromatic heterocycles. The number of nitrogens with zero attached hydrogens (tertiary/aromatic N) is 2. The van der Waals surface area contributed by atoms with Gasteiger partial charge >= 0.3 is 5.97 Å². The first-order valence-electron chi connectivity index (χ1n) is 9.96. The lowest BCUT2D eigenvalue weighted by Crippen LogP contribution is -2.48. The average molecular weight is 429 g/mol. The summed E-state index contributed by atoms with van der Waals surface area (Å²) in [5.74, 6) is 0.150. The maximum atomic E-state index is 12.8. The van der Waals surface area contributed by atoms with Crippen LogP contribution in [0.4, 0.5) is 0 Å². The Kier molecular flexibility index (Phi) is 5.90. The molecule has 0 spiro atoms. The van der Waals surface area contributed by atoms with E-state index in [9.17, 15) is 13.2 Å². The molecule has 0 amide bonds. The molecule has 3 aromatic rings. The number of para-hydroxylation sites is 1. The highest BCUT2D eigenvalue weighted by Gasteiger charge is 2.30. The molecule has 0 aliphatic carbocycles. The van der Waals surface area contributed by atoms with Gasteiger partial charge in [0, 0.05) is 31.6 Å². The number of carbonyl (C=O) groups is 1. The minimum absolute atomic E-state index is 0.286. The van der Waals surface area contributed by atoms with E-state index in [2.05, 4.69) is 4.90 Å². The van der Waals surface area contributed by atoms with Crippen LogP contribution in [-0.4, -0.2) is 56.4 Å². The van der Waals surface area contributed by atoms with E-state index < -0.39 is 16.0 Å². The van der Waals surface area contributed by atoms with Gasteiger partial charge < -0.3 is 9.15 Å². The number of benzene rings is 2. The van der Waals surface area contributed by atoms with E-state index in [-0.39, 0.29) is 6.61 Å². The normalized spacial score (nSPS) is 16.0. The number of rotatable bonds is 6. The van der Waals surface area contributed by atoms with Crippen LogP contribution in [0.5, 0.6) is 0 Å². The first kappa shape index (κ1) is 20.6. The second kappa shape index (κ2) is 8.59. The van der Waals surface area contributed by atoms with Gasteiger partial charge in [-0.25, -0.2) is 13.2 Å². The molecule has 7 nitrogen and oxygen atoms in total. The van der Waals surface area contributed by atoms with E-state index in [0.717, 1.165) is 5.39 Å². The van der Waals surface area contributed by atoms with Gasteiger partial charge in [0.15, 0.2) is 0 Å². The largest absolute Gasteiger partial charge is 0.462 e. The first-order valence-corrected chi connectivity index (χ1v) is 11.4. The summed E-state index contributed by atoms with van der Waals surface area (Å²) < 4.78 is 38.3. The standard InChI is InChI=1S/C22H24N2O5S/c1-2-28-22(25)21-18-10-6-7-11-19(18)29-20(21)16-23-12-14-24(15-13-23)30(26,27)17-8-4-3-5-9-17/h3-11H,2,12-16H2,1H3. The molecule has 0 atom stereocenters. The summed E-state index contributed by atoms with van der Waals surface area (Å²) >= 11 is 0. The van der Waals surface area contributed by atoms with Gasteiger partial charge in [0.05, 0.1) is 18.0 Å². The zero-order chi connectivity index (χ0) is 21.1. The molecule has 0 N–H and O–H groups in total. The molecule has 158 valence electrons. The van der Waals surface area contributed by atoms with Crippen molar-refractivity contribution in [3.63, 3.8) is 0 Å². The predicted molar refractivity (Wildman–Crippen MR) is 113 cm³/mol. The summed E-state index contributed by atoms with van der Waals surface area (Å²) in [7, 11) is -3.50. The summed E-state index contributed by atoms with van der Waals surface area (Å²) in [5.41, 5.74) is 1.09. The van der Waals surface area contributed by atoms with Gasteiger partial charge in [-0.3, -0.25) is 4.90 Å². The molecule has 0 saturated carbocycles. The minimum Gasteiger partial charge on any atom is -0.462 e. The highest BCUT2D eigenvalue weighted by molar-refractivity contribution is 7.89. The van der Waals surface area contributed by atoms with E-state index in [0.29, 0.717) is 54.5 Å². The molecule has 0 unspecified atom stereocenters. The first-order chi connectivity index (χ1) is 14.5. The fourth-order valence-electron chi connectivity index (χ4n) is 3.71. The highest BCUT2D eigenvalue weighted by Crippen LogP contribution is 2.28. The van der Waals surface area contributed by atoms with Crippen LogP contribution in [0.25, 0.3) is 11.0 Å². The number of fused-ring (bicyclic) bond motifs is 1. The third kappa shape index (κ3) is 3.98. The lowest BCUT2D eigenvalue weighted by Gasteiger charge is -2.33. The zero-order valence-electron chi connectivity index (χ0n) is 16.8. The molecule has 1 aliphatic heterocycles. The van der Waals surface area contributed by atoms with Crippen molar-refractivity contribution < 1.29 is 22.4 Å². The fraction of sp³-hybridized carbons (Fsp3) is 0.318. The highest BCUT2D eigenvalue weighted by atomic mass is 32.2. The van der Waals surface area contributed by atoms with Gasteiger partial charge in [-0.2, -0.15) is 4.31 Å². The molecular weight excluding hydrogens is 404 g/mol. The summed E-state index contributed by atoms with van der Waals surface area (Å²) in [5, 5.41) is 0.733. The fourth-order valence-corrected chi connectivity index (χ4v) is 5.15. The molecule has 4 rings (SSSR count). The number of sulfonamides is 1. The molecule has 8 heteroatoms. The van der Waals surface area contributed by atoms with Crippen molar-refractivity contribution in [2.75, 3.05) is 32.8 Å². The maximum Gasteiger partial charge on any atom is 0.342 e. The second-order valence-corrected chi connectivity index (χ2v) is 9.05. The Morgan fingerprint density at radius 3 is 2.37 bits per heavy atom. The van der Waals surface area contributed by atoms with Crippen molar-refractivity contribution in [1.29, 1.82) is 0 Å². The number of piperazine rings is 1. The van der Waals surface area contributed by atoms with Crippen molar-refractivity contribution in [2.24, 2.45) is 0 Å². The minimum atomic E-state index is -3.50. The Bertz CT molecular complexity index is 1130. The monoisotopic (exact) mass is 428 g/mol. The Morgan fingerprint density at radius 2 is 1.67 bits per heavy atom. The Hall–Kier alpha value is -2.68. The summed E-state index contributed by atoms with van der Waals surface area (Å²) in [6, 6.07) is 15.9. The van der Waals surface area contributed by atoms with Crippen molar-refractivity contribution in [1.82, 2.24) is 9.21 Å². The Morgan fingerprint density at radius 1 is 1.00 bits per heavy atom. The number of hydrogen-bond acceptors (Lipinski definition) is 6. The number of carbonyl (C=O) groups excluding carboxylic acids is 1. The molecule has 30 heavy (non-hydrogen) atoms. The van der Waals surface area contributed by atoms with Crippen LogP contribution in [-0.2, 0) is 21.3 Å². The van der Waals surface area contributed by atoms with E-state index in [4.69, 9.17) is 9.15 Å². The van der Waals surface area contributed by atoms with Gasteiger partial charge in [-0.1, -0.05) is 36.4 Å². The van der Waals surface area contributed by atoms with E-state index >= 15 is 0 Å². The van der Waals surface area contributed by atoms with Gasteiger partial charge in [0.1, 0.15) is 16.9 Å². The van der Waals surface area contributed by atoms with E-state index in [1.54, 1.807) is 37.3 Å². The van der Waals surface area contributed by atoms with Crippen LogP contribution in [0.2, 0.25) is 0 Å². The molecule has 2 heterocycles. The molecule has 1 aliphatic rings. The van der Waals surface area contributed by atoms with Crippen LogP contribution in [0.3, 0.4) is 0 Å². The van der Waals surface area contributed by atoms with Gasteiger partial charge in [0.25, 0.3) is 0 Å². The van der Waals surface area contributed by atoms with Crippen LogP contribution in [0.1, 0.15) is 23.0 Å². The SMILES string of the molecule is CCOC(=O)c1c(CN2CCN(S(=O)(=O)c3ccccc3)CC2)oc2ccccc12. The van der Waals surface area contributed by atoms with Crippen molar-refractivity contribution in [3.8, 4) is 0 Å². The molecule has 2 aromatic carbocycles. The summed E-state index contributed by atoms with van der Waals surface area (Å²) in [4.78, 5) is 14.9. The van der Waals surface area contributed by atoms with E-state index in [1.807, 2.05) is 24.3 Å². The van der Waals surface area contributed by atoms with E-state index in [1.165, 1.54) is 4.31 Å². The number of esters is 1. The van der Waals surface area contributed by atoms with Gasteiger partial charge in [-0.15, -0.1) is 0 Å². The van der Waals surface area contributed by atoms with Crippen LogP contribution < -0.4 is 0 Å². The third-order valence-electron chi connectivity index (χ3n) is 5.23. The maximum absolute atomic E-state index is 12.8. The van der Waals surface area contributed by atoms with Gasteiger partial charge in [0.2, 0.25) is 10.0 Å². The third-order valence-corrected chi connectivity index (χ3v) is 7.14. The Balaban J connectivity index is 1.50. The van der Waals surface area contributed by atoms with Crippen molar-refractivity contribution in [3.05, 3.63) is 65.9 Å². The molecular formula is C22H24N2O5S. The quantitative estimate of drug-likeness (QED) is 0.561. The van der Waals surface area contributed by atoms with Crippen LogP contribution >= 0.6 is 0 Å². The van der Waals surface area contributed by atoms with Crippen molar-refractivity contribution >= 4 is 27.0 Å². The molecule has 0 radical (unpaired) electrons. The lowest BCUT2D eigenvalue weighted by molar-refractivity contribution is 0.0523. The molecule has 1 fully saturated rings. The number of hydrogen-bond donors (Lipinski definition) is 0. The predicted octanol–water partition coefficient (Wildman–Crippen LogP) is 3.12. The van der Waals surface area contributed by atoms with Crippen LogP contribution in [0.15, 0.2) is 63.9 Å². The summed E-state index contributed by atoms with van der Waals surface area (Å²) in [6.07, 6.45) is 0. The topological polar surface area (TPSA) is 80.1 Å².